The topological polar surface area (TPSA) is 44.4 Å². The summed E-state index contributed by atoms with van der Waals surface area (Å²) >= 11 is 0. The predicted molar refractivity (Wildman–Crippen MR) is 99.8 cm³/mol. The van der Waals surface area contributed by atoms with Gasteiger partial charge < -0.3 is 15.5 Å². The second-order valence-corrected chi connectivity index (χ2v) is 6.34. The van der Waals surface area contributed by atoms with E-state index in [1.807, 2.05) is 43.3 Å². The van der Waals surface area contributed by atoms with Crippen LogP contribution in [-0.2, 0) is 0 Å². The second kappa shape index (κ2) is 10.5. The largest absolute Gasteiger partial charge is 0.378 e. The van der Waals surface area contributed by atoms with Crippen LogP contribution < -0.4 is 15.5 Å². The van der Waals surface area contributed by atoms with E-state index < -0.39 is 0 Å². The van der Waals surface area contributed by atoms with E-state index in [9.17, 15) is 4.79 Å². The Kier molecular flexibility index (Phi) is 9.03. The summed E-state index contributed by atoms with van der Waals surface area (Å²) in [6.45, 7) is 1.53. The average molecular weight is 340 g/mol. The quantitative estimate of drug-likeness (QED) is 0.618. The van der Waals surface area contributed by atoms with E-state index in [1.165, 1.54) is 38.5 Å². The fraction of sp³-hybridized carbons (Fsp3) is 0.611. The Morgan fingerprint density at radius 1 is 1.13 bits per heavy atom. The Bertz CT molecular complexity index is 471. The summed E-state index contributed by atoms with van der Waals surface area (Å²) in [5.74, 6) is 0.00589. The number of hydrogen-bond acceptors (Lipinski definition) is 3. The minimum atomic E-state index is 0. The van der Waals surface area contributed by atoms with Gasteiger partial charge in [0, 0.05) is 44.5 Å². The van der Waals surface area contributed by atoms with E-state index in [-0.39, 0.29) is 18.3 Å². The van der Waals surface area contributed by atoms with E-state index in [0.717, 1.165) is 17.8 Å². The van der Waals surface area contributed by atoms with E-state index in [1.54, 1.807) is 0 Å². The SMILES string of the molecule is CN(C)c1cccc(C(=O)NCCNC2CCCCCC2)c1.Cl. The number of nitrogens with zero attached hydrogens (tertiary/aromatic N) is 1. The van der Waals surface area contributed by atoms with Crippen molar-refractivity contribution < 1.29 is 4.79 Å². The normalized spacial score (nSPS) is 15.4. The number of amides is 1. The van der Waals surface area contributed by atoms with Crippen molar-refractivity contribution >= 4 is 24.0 Å². The molecule has 0 heterocycles. The number of benzene rings is 1. The molecule has 1 aromatic carbocycles. The van der Waals surface area contributed by atoms with Gasteiger partial charge in [0.05, 0.1) is 0 Å². The Labute approximate surface area is 146 Å². The Hall–Kier alpha value is -1.26. The van der Waals surface area contributed by atoms with Gasteiger partial charge in [-0.25, -0.2) is 0 Å². The number of hydrogen-bond donors (Lipinski definition) is 2. The van der Waals surface area contributed by atoms with Gasteiger partial charge in [0.25, 0.3) is 5.91 Å². The molecule has 0 aliphatic heterocycles. The van der Waals surface area contributed by atoms with Gasteiger partial charge in [-0.1, -0.05) is 31.7 Å². The van der Waals surface area contributed by atoms with Gasteiger partial charge in [-0.2, -0.15) is 0 Å². The molecule has 0 spiro atoms. The van der Waals surface area contributed by atoms with Crippen molar-refractivity contribution in [3.63, 3.8) is 0 Å². The number of rotatable bonds is 6. The zero-order valence-electron chi connectivity index (χ0n) is 14.3. The second-order valence-electron chi connectivity index (χ2n) is 6.34. The summed E-state index contributed by atoms with van der Waals surface area (Å²) in [4.78, 5) is 14.2. The maximum atomic E-state index is 12.2. The van der Waals surface area contributed by atoms with Crippen molar-refractivity contribution in [2.45, 2.75) is 44.6 Å². The number of carbonyl (C=O) groups excluding carboxylic acids is 1. The smallest absolute Gasteiger partial charge is 0.251 e. The lowest BCUT2D eigenvalue weighted by molar-refractivity contribution is 0.0953. The van der Waals surface area contributed by atoms with Gasteiger partial charge in [0.15, 0.2) is 0 Å². The molecule has 0 unspecified atom stereocenters. The molecule has 2 N–H and O–H groups in total. The van der Waals surface area contributed by atoms with Crippen LogP contribution >= 0.6 is 12.4 Å². The Morgan fingerprint density at radius 3 is 2.48 bits per heavy atom. The number of carbonyl (C=O) groups is 1. The van der Waals surface area contributed by atoms with Crippen molar-refractivity contribution in [1.82, 2.24) is 10.6 Å². The maximum absolute atomic E-state index is 12.2. The third-order valence-corrected chi connectivity index (χ3v) is 4.32. The first-order valence-corrected chi connectivity index (χ1v) is 8.46. The van der Waals surface area contributed by atoms with E-state index >= 15 is 0 Å². The van der Waals surface area contributed by atoms with Crippen molar-refractivity contribution in [2.24, 2.45) is 0 Å². The molecule has 2 rings (SSSR count). The number of nitrogens with one attached hydrogen (secondary N) is 2. The van der Waals surface area contributed by atoms with Gasteiger partial charge in [0.1, 0.15) is 0 Å². The van der Waals surface area contributed by atoms with Crippen LogP contribution in [0.25, 0.3) is 0 Å². The average Bonchev–Trinajstić information content (AvgIpc) is 2.80. The van der Waals surface area contributed by atoms with E-state index in [0.29, 0.717) is 12.6 Å². The molecule has 1 aromatic rings. The third kappa shape index (κ3) is 6.80. The molecule has 130 valence electrons. The fourth-order valence-corrected chi connectivity index (χ4v) is 2.96. The molecular formula is C18H30ClN3O. The van der Waals surface area contributed by atoms with E-state index in [2.05, 4.69) is 10.6 Å². The van der Waals surface area contributed by atoms with Gasteiger partial charge >= 0.3 is 0 Å². The molecule has 0 saturated heterocycles. The van der Waals surface area contributed by atoms with Crippen LogP contribution in [0.15, 0.2) is 24.3 Å². The Balaban J connectivity index is 0.00000264. The highest BCUT2D eigenvalue weighted by atomic mass is 35.5. The van der Waals surface area contributed by atoms with Gasteiger partial charge in [0.2, 0.25) is 0 Å². The molecule has 1 fully saturated rings. The molecule has 1 aliphatic carbocycles. The first kappa shape index (κ1) is 19.8. The van der Waals surface area contributed by atoms with Gasteiger partial charge in [-0.3, -0.25) is 4.79 Å². The van der Waals surface area contributed by atoms with Gasteiger partial charge in [-0.15, -0.1) is 12.4 Å². The lowest BCUT2D eigenvalue weighted by atomic mass is 10.1. The fourth-order valence-electron chi connectivity index (χ4n) is 2.96. The van der Waals surface area contributed by atoms with Crippen LogP contribution in [0.4, 0.5) is 5.69 Å². The minimum Gasteiger partial charge on any atom is -0.378 e. The van der Waals surface area contributed by atoms with Crippen LogP contribution in [0.2, 0.25) is 0 Å². The molecule has 0 bridgehead atoms. The van der Waals surface area contributed by atoms with Crippen molar-refractivity contribution in [1.29, 1.82) is 0 Å². The summed E-state index contributed by atoms with van der Waals surface area (Å²) in [5.41, 5.74) is 1.77. The number of anilines is 1. The Morgan fingerprint density at radius 2 is 1.83 bits per heavy atom. The zero-order chi connectivity index (χ0) is 15.8. The van der Waals surface area contributed by atoms with Gasteiger partial charge in [-0.05, 0) is 31.0 Å². The molecule has 1 aliphatic rings. The summed E-state index contributed by atoms with van der Waals surface area (Å²) in [6.07, 6.45) is 7.97. The molecular weight excluding hydrogens is 310 g/mol. The molecule has 23 heavy (non-hydrogen) atoms. The summed E-state index contributed by atoms with van der Waals surface area (Å²) in [6, 6.07) is 8.35. The molecule has 0 radical (unpaired) electrons. The van der Waals surface area contributed by atoms with Crippen LogP contribution in [-0.4, -0.2) is 39.1 Å². The predicted octanol–water partition coefficient (Wildman–Crippen LogP) is 3.22. The molecule has 5 heteroatoms. The summed E-state index contributed by atoms with van der Waals surface area (Å²) in [5, 5.41) is 6.58. The van der Waals surface area contributed by atoms with Crippen molar-refractivity contribution in [3.05, 3.63) is 29.8 Å². The first-order chi connectivity index (χ1) is 10.7. The molecule has 4 nitrogen and oxygen atoms in total. The van der Waals surface area contributed by atoms with Crippen LogP contribution in [0.1, 0.15) is 48.9 Å². The highest BCUT2D eigenvalue weighted by Crippen LogP contribution is 2.17. The standard InChI is InChI=1S/C18H29N3O.ClH/c1-21(2)17-11-7-8-15(14-17)18(22)20-13-12-19-16-9-5-3-4-6-10-16;/h7-8,11,14,16,19H,3-6,9-10,12-13H2,1-2H3,(H,20,22);1H. The monoisotopic (exact) mass is 339 g/mol. The summed E-state index contributed by atoms with van der Waals surface area (Å²) in [7, 11) is 3.96. The molecule has 1 saturated carbocycles. The van der Waals surface area contributed by atoms with Crippen molar-refractivity contribution in [3.8, 4) is 0 Å². The van der Waals surface area contributed by atoms with Crippen LogP contribution in [0.3, 0.4) is 0 Å². The first-order valence-electron chi connectivity index (χ1n) is 8.46. The van der Waals surface area contributed by atoms with Crippen molar-refractivity contribution in [2.75, 3.05) is 32.1 Å². The maximum Gasteiger partial charge on any atom is 0.251 e. The lowest BCUT2D eigenvalue weighted by Crippen LogP contribution is -2.36. The highest BCUT2D eigenvalue weighted by Gasteiger charge is 2.11. The zero-order valence-corrected chi connectivity index (χ0v) is 15.1. The lowest BCUT2D eigenvalue weighted by Gasteiger charge is -2.16. The third-order valence-electron chi connectivity index (χ3n) is 4.32. The highest BCUT2D eigenvalue weighted by molar-refractivity contribution is 5.95. The molecule has 0 aromatic heterocycles. The molecule has 0 atom stereocenters. The number of halogens is 1. The van der Waals surface area contributed by atoms with Crippen LogP contribution in [0.5, 0.6) is 0 Å². The van der Waals surface area contributed by atoms with E-state index in [4.69, 9.17) is 0 Å². The minimum absolute atomic E-state index is 0. The van der Waals surface area contributed by atoms with Crippen LogP contribution in [0, 0.1) is 0 Å². The molecule has 1 amide bonds. The summed E-state index contributed by atoms with van der Waals surface area (Å²) < 4.78 is 0.